The first-order chi connectivity index (χ1) is 6.49. The van der Waals surface area contributed by atoms with E-state index in [1.54, 1.807) is 0 Å². The smallest absolute Gasteiger partial charge is 0.282 e. The van der Waals surface area contributed by atoms with Crippen LogP contribution in [0.5, 0.6) is 0 Å². The summed E-state index contributed by atoms with van der Waals surface area (Å²) in [5.74, 6) is 0. The maximum absolute atomic E-state index is 14.9. The summed E-state index contributed by atoms with van der Waals surface area (Å²) in [6, 6.07) is 9.68. The average Bonchev–Trinajstić information content (AvgIpc) is 2.17. The zero-order valence-corrected chi connectivity index (χ0v) is 10.4. The molecule has 1 aromatic rings. The second kappa shape index (κ2) is 4.26. The third kappa shape index (κ3) is 1.90. The standard InChI is InChI=1S/C12H19FSi/c1-10(2)14(13,11(3)4)12-8-6-5-7-9-12/h5-11H,1-4H3. The largest absolute Gasteiger partial charge is 0.307 e. The number of halogens is 1. The van der Waals surface area contributed by atoms with Gasteiger partial charge in [0.05, 0.1) is 0 Å². The van der Waals surface area contributed by atoms with Gasteiger partial charge in [0.15, 0.2) is 0 Å². The van der Waals surface area contributed by atoms with Crippen molar-refractivity contribution < 1.29 is 4.11 Å². The second-order valence-corrected chi connectivity index (χ2v) is 8.87. The van der Waals surface area contributed by atoms with E-state index in [0.717, 1.165) is 5.19 Å². The Bertz CT molecular complexity index is 272. The van der Waals surface area contributed by atoms with E-state index in [4.69, 9.17) is 0 Å². The van der Waals surface area contributed by atoms with Crippen LogP contribution >= 0.6 is 0 Å². The van der Waals surface area contributed by atoms with Gasteiger partial charge in [-0.1, -0.05) is 58.0 Å². The van der Waals surface area contributed by atoms with Crippen molar-refractivity contribution in [2.45, 2.75) is 38.8 Å². The Morgan fingerprint density at radius 2 is 1.36 bits per heavy atom. The molecule has 0 N–H and O–H groups in total. The number of hydrogen-bond donors (Lipinski definition) is 0. The lowest BCUT2D eigenvalue weighted by Gasteiger charge is -2.30. The molecule has 0 saturated carbocycles. The fraction of sp³-hybridized carbons (Fsp3) is 0.500. The molecule has 0 aliphatic carbocycles. The van der Waals surface area contributed by atoms with Crippen LogP contribution in [-0.4, -0.2) is 8.41 Å². The van der Waals surface area contributed by atoms with E-state index in [0.29, 0.717) is 0 Å². The predicted octanol–water partition coefficient (Wildman–Crippen LogP) is 3.63. The highest BCUT2D eigenvalue weighted by atomic mass is 28.4. The molecular formula is C12H19FSi. The topological polar surface area (TPSA) is 0 Å². The summed E-state index contributed by atoms with van der Waals surface area (Å²) in [4.78, 5) is 0. The Balaban J connectivity index is 3.13. The monoisotopic (exact) mass is 210 g/mol. The quantitative estimate of drug-likeness (QED) is 0.528. The van der Waals surface area contributed by atoms with Crippen LogP contribution in [0.25, 0.3) is 0 Å². The first-order valence-electron chi connectivity index (χ1n) is 5.24. The van der Waals surface area contributed by atoms with Gasteiger partial charge in [-0.05, 0) is 16.3 Å². The summed E-state index contributed by atoms with van der Waals surface area (Å²) in [5, 5.41) is 0.935. The van der Waals surface area contributed by atoms with Gasteiger partial charge in [0.2, 0.25) is 0 Å². The van der Waals surface area contributed by atoms with Crippen molar-refractivity contribution >= 4 is 13.6 Å². The molecule has 0 aromatic heterocycles. The number of rotatable bonds is 3. The summed E-state index contributed by atoms with van der Waals surface area (Å²) in [6.07, 6.45) is 0. The van der Waals surface area contributed by atoms with Crippen LogP contribution in [0.2, 0.25) is 11.1 Å². The van der Waals surface area contributed by atoms with E-state index in [2.05, 4.69) is 0 Å². The van der Waals surface area contributed by atoms with Gasteiger partial charge < -0.3 is 4.11 Å². The molecule has 0 spiro atoms. The van der Waals surface area contributed by atoms with Gasteiger partial charge in [-0.3, -0.25) is 0 Å². The molecule has 0 unspecified atom stereocenters. The normalized spacial score (nSPS) is 12.5. The third-order valence-corrected chi connectivity index (χ3v) is 7.48. The van der Waals surface area contributed by atoms with Crippen molar-refractivity contribution in [3.05, 3.63) is 30.3 Å². The van der Waals surface area contributed by atoms with Crippen LogP contribution in [-0.2, 0) is 0 Å². The molecule has 0 heterocycles. The van der Waals surface area contributed by atoms with E-state index in [9.17, 15) is 4.11 Å². The lowest BCUT2D eigenvalue weighted by atomic mass is 10.4. The molecule has 1 rings (SSSR count). The highest BCUT2D eigenvalue weighted by molar-refractivity contribution is 6.88. The average molecular weight is 210 g/mol. The van der Waals surface area contributed by atoms with Gasteiger partial charge in [0.1, 0.15) is 0 Å². The van der Waals surface area contributed by atoms with Crippen LogP contribution < -0.4 is 5.19 Å². The first-order valence-corrected chi connectivity index (χ1v) is 7.27. The molecule has 0 fully saturated rings. The zero-order chi connectivity index (χ0) is 10.8. The van der Waals surface area contributed by atoms with Gasteiger partial charge in [-0.2, -0.15) is 0 Å². The molecule has 78 valence electrons. The summed E-state index contributed by atoms with van der Waals surface area (Å²) in [5.41, 5.74) is 0.287. The maximum Gasteiger partial charge on any atom is 0.282 e. The Morgan fingerprint density at radius 3 is 1.71 bits per heavy atom. The van der Waals surface area contributed by atoms with Crippen molar-refractivity contribution in [1.82, 2.24) is 0 Å². The van der Waals surface area contributed by atoms with Crippen LogP contribution in [0.3, 0.4) is 0 Å². The van der Waals surface area contributed by atoms with Gasteiger partial charge >= 0.3 is 0 Å². The van der Waals surface area contributed by atoms with Crippen molar-refractivity contribution in [2.24, 2.45) is 0 Å². The van der Waals surface area contributed by atoms with E-state index in [1.165, 1.54) is 0 Å². The Hall–Kier alpha value is -0.633. The lowest BCUT2D eigenvalue weighted by Crippen LogP contribution is -2.48. The Labute approximate surface area is 87.3 Å². The molecule has 0 aliphatic heterocycles. The van der Waals surface area contributed by atoms with Crippen LogP contribution in [0, 0.1) is 0 Å². The maximum atomic E-state index is 14.9. The molecular weight excluding hydrogens is 191 g/mol. The molecule has 0 radical (unpaired) electrons. The fourth-order valence-electron chi connectivity index (χ4n) is 2.03. The molecule has 0 amide bonds. The molecule has 0 bridgehead atoms. The molecule has 0 saturated heterocycles. The highest BCUT2D eigenvalue weighted by Gasteiger charge is 2.43. The lowest BCUT2D eigenvalue weighted by molar-refractivity contribution is 0.699. The summed E-state index contributed by atoms with van der Waals surface area (Å²) in [6.45, 7) is 8.00. The SMILES string of the molecule is CC(C)[Si](F)(c1ccccc1)C(C)C. The van der Waals surface area contributed by atoms with E-state index in [-0.39, 0.29) is 11.1 Å². The molecule has 14 heavy (non-hydrogen) atoms. The van der Waals surface area contributed by atoms with Gasteiger partial charge in [-0.25, -0.2) is 0 Å². The third-order valence-electron chi connectivity index (χ3n) is 2.90. The minimum absolute atomic E-state index is 0.143. The summed E-state index contributed by atoms with van der Waals surface area (Å²) in [7, 11) is -2.78. The van der Waals surface area contributed by atoms with Gasteiger partial charge in [0, 0.05) is 0 Å². The number of benzene rings is 1. The second-order valence-electron chi connectivity index (χ2n) is 4.44. The molecule has 2 heteroatoms. The van der Waals surface area contributed by atoms with Gasteiger partial charge in [0.25, 0.3) is 8.41 Å². The molecule has 0 atom stereocenters. The minimum atomic E-state index is -2.78. The van der Waals surface area contributed by atoms with Crippen molar-refractivity contribution in [2.75, 3.05) is 0 Å². The van der Waals surface area contributed by atoms with E-state index >= 15 is 0 Å². The summed E-state index contributed by atoms with van der Waals surface area (Å²) < 4.78 is 14.9. The first kappa shape index (κ1) is 11.4. The van der Waals surface area contributed by atoms with E-state index < -0.39 is 8.41 Å². The fourth-order valence-corrected chi connectivity index (χ4v) is 5.40. The van der Waals surface area contributed by atoms with Crippen molar-refractivity contribution in [1.29, 1.82) is 0 Å². The van der Waals surface area contributed by atoms with Crippen molar-refractivity contribution in [3.63, 3.8) is 0 Å². The summed E-state index contributed by atoms with van der Waals surface area (Å²) >= 11 is 0. The highest BCUT2D eigenvalue weighted by Crippen LogP contribution is 2.32. The molecule has 0 aliphatic rings. The molecule has 0 nitrogen and oxygen atoms in total. The molecule has 1 aromatic carbocycles. The van der Waals surface area contributed by atoms with Gasteiger partial charge in [-0.15, -0.1) is 0 Å². The van der Waals surface area contributed by atoms with Crippen molar-refractivity contribution in [3.8, 4) is 0 Å². The number of hydrogen-bond acceptors (Lipinski definition) is 0. The van der Waals surface area contributed by atoms with E-state index in [1.807, 2.05) is 58.0 Å². The van der Waals surface area contributed by atoms with Crippen LogP contribution in [0.4, 0.5) is 4.11 Å². The Kier molecular flexibility index (Phi) is 3.48. The predicted molar refractivity (Wildman–Crippen MR) is 63.1 cm³/mol. The van der Waals surface area contributed by atoms with Crippen LogP contribution in [0.15, 0.2) is 30.3 Å². The van der Waals surface area contributed by atoms with Crippen LogP contribution in [0.1, 0.15) is 27.7 Å². The Morgan fingerprint density at radius 1 is 0.929 bits per heavy atom. The minimum Gasteiger partial charge on any atom is -0.307 e. The zero-order valence-electron chi connectivity index (χ0n) is 9.42.